The minimum Gasteiger partial charge on any atom is -0.395 e. The number of benzene rings is 1. The maximum Gasteiger partial charge on any atom is 0.170 e. The molecule has 8 heteroatoms. The molecule has 0 spiro atoms. The number of halogens is 1. The lowest BCUT2D eigenvalue weighted by atomic mass is 9.94. The first-order chi connectivity index (χ1) is 12.2. The third kappa shape index (κ3) is 4.15. The molecule has 0 saturated heterocycles. The van der Waals surface area contributed by atoms with Crippen molar-refractivity contribution in [2.24, 2.45) is 0 Å². The van der Waals surface area contributed by atoms with Crippen molar-refractivity contribution in [3.8, 4) is 11.8 Å². The average molecular weight is 361 g/mol. The lowest BCUT2D eigenvalue weighted by Crippen LogP contribution is -2.38. The van der Waals surface area contributed by atoms with Gasteiger partial charge in [0.2, 0.25) is 0 Å². The Kier molecular flexibility index (Phi) is 5.97. The Morgan fingerprint density at radius 2 is 2.12 bits per heavy atom. The zero-order valence-corrected chi connectivity index (χ0v) is 14.7. The Hall–Kier alpha value is -2.01. The summed E-state index contributed by atoms with van der Waals surface area (Å²) >= 11 is 6.01. The van der Waals surface area contributed by atoms with Crippen molar-refractivity contribution in [2.45, 2.75) is 44.7 Å². The van der Waals surface area contributed by atoms with Gasteiger partial charge in [-0.2, -0.15) is 9.94 Å². The van der Waals surface area contributed by atoms with Gasteiger partial charge < -0.3 is 5.11 Å². The SMILES string of the molecule is N#Cc1cc(-n2nnnc2CN(CCO)C2CCCCC2)ccc1Cl. The molecule has 0 amide bonds. The van der Waals surface area contributed by atoms with Gasteiger partial charge in [0.05, 0.1) is 29.4 Å². The predicted molar refractivity (Wildman–Crippen MR) is 93.2 cm³/mol. The van der Waals surface area contributed by atoms with Crippen molar-refractivity contribution >= 4 is 11.6 Å². The van der Waals surface area contributed by atoms with E-state index >= 15 is 0 Å². The molecule has 1 saturated carbocycles. The molecule has 1 aliphatic carbocycles. The fourth-order valence-electron chi connectivity index (χ4n) is 3.38. The highest BCUT2D eigenvalue weighted by atomic mass is 35.5. The fourth-order valence-corrected chi connectivity index (χ4v) is 3.54. The van der Waals surface area contributed by atoms with Gasteiger partial charge in [-0.15, -0.1) is 5.10 Å². The van der Waals surface area contributed by atoms with Crippen LogP contribution in [0.2, 0.25) is 5.02 Å². The van der Waals surface area contributed by atoms with Crippen molar-refractivity contribution in [3.05, 3.63) is 34.6 Å². The summed E-state index contributed by atoms with van der Waals surface area (Å²) in [5.74, 6) is 0.685. The first kappa shape index (κ1) is 17.8. The van der Waals surface area contributed by atoms with Crippen LogP contribution in [0.5, 0.6) is 0 Å². The van der Waals surface area contributed by atoms with Crippen LogP contribution in [-0.4, -0.2) is 49.4 Å². The molecular weight excluding hydrogens is 340 g/mol. The summed E-state index contributed by atoms with van der Waals surface area (Å²) in [7, 11) is 0. The average Bonchev–Trinajstić information content (AvgIpc) is 3.11. The van der Waals surface area contributed by atoms with Crippen LogP contribution in [0, 0.1) is 11.3 Å². The lowest BCUT2D eigenvalue weighted by Gasteiger charge is -2.33. The summed E-state index contributed by atoms with van der Waals surface area (Å²) in [6.45, 7) is 1.27. The minimum atomic E-state index is 0.109. The quantitative estimate of drug-likeness (QED) is 0.850. The molecule has 1 N–H and O–H groups in total. The fraction of sp³-hybridized carbons (Fsp3) is 0.529. The highest BCUT2D eigenvalue weighted by Crippen LogP contribution is 2.24. The van der Waals surface area contributed by atoms with Crippen LogP contribution in [0.3, 0.4) is 0 Å². The molecule has 0 bridgehead atoms. The molecule has 0 aliphatic heterocycles. The van der Waals surface area contributed by atoms with Gasteiger partial charge in [-0.3, -0.25) is 4.90 Å². The third-order valence-electron chi connectivity index (χ3n) is 4.67. The number of rotatable bonds is 6. The lowest BCUT2D eigenvalue weighted by molar-refractivity contribution is 0.113. The van der Waals surface area contributed by atoms with E-state index in [1.807, 2.05) is 0 Å². The number of hydrogen-bond donors (Lipinski definition) is 1. The van der Waals surface area contributed by atoms with Gasteiger partial charge in [-0.25, -0.2) is 0 Å². The first-order valence-electron chi connectivity index (χ1n) is 8.55. The van der Waals surface area contributed by atoms with Crippen molar-refractivity contribution in [2.75, 3.05) is 13.2 Å². The molecule has 1 aromatic carbocycles. The van der Waals surface area contributed by atoms with Gasteiger partial charge in [0.25, 0.3) is 0 Å². The number of aliphatic hydroxyl groups excluding tert-OH is 1. The van der Waals surface area contributed by atoms with Gasteiger partial charge in [0, 0.05) is 12.6 Å². The van der Waals surface area contributed by atoms with Crippen LogP contribution in [0.1, 0.15) is 43.5 Å². The molecule has 1 heterocycles. The summed E-state index contributed by atoms with van der Waals surface area (Å²) in [4.78, 5) is 2.25. The monoisotopic (exact) mass is 360 g/mol. The van der Waals surface area contributed by atoms with E-state index in [2.05, 4.69) is 26.5 Å². The van der Waals surface area contributed by atoms with Crippen LogP contribution in [0.4, 0.5) is 0 Å². The van der Waals surface area contributed by atoms with Gasteiger partial charge in [-0.05, 0) is 41.5 Å². The standard InChI is InChI=1S/C17H21ClN6O/c18-16-7-6-15(10-13(16)11-19)24-17(20-21-22-24)12-23(8-9-25)14-4-2-1-3-5-14/h6-7,10,14,25H,1-5,8-9,12H2. The Morgan fingerprint density at radius 3 is 2.84 bits per heavy atom. The molecular formula is C17H21ClN6O. The van der Waals surface area contributed by atoms with Gasteiger partial charge in [0.1, 0.15) is 6.07 Å². The topological polar surface area (TPSA) is 90.9 Å². The highest BCUT2D eigenvalue weighted by Gasteiger charge is 2.23. The minimum absolute atomic E-state index is 0.109. The molecule has 25 heavy (non-hydrogen) atoms. The second-order valence-electron chi connectivity index (χ2n) is 6.27. The van der Waals surface area contributed by atoms with Gasteiger partial charge >= 0.3 is 0 Å². The molecule has 7 nitrogen and oxygen atoms in total. The molecule has 132 valence electrons. The number of aliphatic hydroxyl groups is 1. The first-order valence-corrected chi connectivity index (χ1v) is 8.93. The van der Waals surface area contributed by atoms with Crippen molar-refractivity contribution in [3.63, 3.8) is 0 Å². The summed E-state index contributed by atoms with van der Waals surface area (Å²) in [5.41, 5.74) is 1.09. The smallest absolute Gasteiger partial charge is 0.170 e. The van der Waals surface area contributed by atoms with E-state index in [-0.39, 0.29) is 6.61 Å². The number of tetrazole rings is 1. The highest BCUT2D eigenvalue weighted by molar-refractivity contribution is 6.31. The maximum absolute atomic E-state index is 9.43. The van der Waals surface area contributed by atoms with Crippen LogP contribution < -0.4 is 0 Å². The summed E-state index contributed by atoms with van der Waals surface area (Å²) in [5, 5.41) is 31.0. The van der Waals surface area contributed by atoms with Crippen LogP contribution >= 0.6 is 11.6 Å². The van der Waals surface area contributed by atoms with E-state index in [0.29, 0.717) is 41.2 Å². The maximum atomic E-state index is 9.43. The second kappa shape index (κ2) is 8.39. The zero-order chi connectivity index (χ0) is 17.6. The summed E-state index contributed by atoms with van der Waals surface area (Å²) < 4.78 is 1.63. The van der Waals surface area contributed by atoms with Gasteiger partial charge in [-0.1, -0.05) is 30.9 Å². The van der Waals surface area contributed by atoms with E-state index in [1.54, 1.807) is 22.9 Å². The summed E-state index contributed by atoms with van der Waals surface area (Å²) in [6.07, 6.45) is 6.01. The Bertz CT molecular complexity index is 750. The Labute approximate surface area is 151 Å². The molecule has 1 fully saturated rings. The normalized spacial score (nSPS) is 15.4. The van der Waals surface area contributed by atoms with Crippen molar-refractivity contribution < 1.29 is 5.11 Å². The van der Waals surface area contributed by atoms with Crippen LogP contribution in [-0.2, 0) is 6.54 Å². The Balaban J connectivity index is 1.84. The van der Waals surface area contributed by atoms with E-state index in [9.17, 15) is 5.11 Å². The van der Waals surface area contributed by atoms with E-state index in [4.69, 9.17) is 16.9 Å². The van der Waals surface area contributed by atoms with Crippen molar-refractivity contribution in [1.82, 2.24) is 25.1 Å². The number of nitrogens with zero attached hydrogens (tertiary/aromatic N) is 6. The van der Waals surface area contributed by atoms with Gasteiger partial charge in [0.15, 0.2) is 5.82 Å². The van der Waals surface area contributed by atoms with Crippen molar-refractivity contribution in [1.29, 1.82) is 5.26 Å². The van der Waals surface area contributed by atoms with E-state index in [1.165, 1.54) is 19.3 Å². The van der Waals surface area contributed by atoms with Crippen LogP contribution in [0.15, 0.2) is 18.2 Å². The largest absolute Gasteiger partial charge is 0.395 e. The molecule has 3 rings (SSSR count). The molecule has 0 radical (unpaired) electrons. The van der Waals surface area contributed by atoms with E-state index in [0.717, 1.165) is 12.8 Å². The number of aromatic nitrogens is 4. The molecule has 1 aromatic heterocycles. The zero-order valence-electron chi connectivity index (χ0n) is 14.0. The van der Waals surface area contributed by atoms with Crippen LogP contribution in [0.25, 0.3) is 5.69 Å². The van der Waals surface area contributed by atoms with E-state index < -0.39 is 0 Å². The number of nitriles is 1. The predicted octanol–water partition coefficient (Wildman–Crippen LogP) is 2.31. The molecule has 1 aliphatic rings. The molecule has 2 aromatic rings. The second-order valence-corrected chi connectivity index (χ2v) is 6.68. The molecule has 0 unspecified atom stereocenters. The molecule has 0 atom stereocenters. The number of hydrogen-bond acceptors (Lipinski definition) is 6. The third-order valence-corrected chi connectivity index (χ3v) is 5.00. The Morgan fingerprint density at radius 1 is 1.32 bits per heavy atom. The summed E-state index contributed by atoms with van der Waals surface area (Å²) in [6, 6.07) is 7.67.